The second-order valence-electron chi connectivity index (χ2n) is 4.45. The molecular formula is C15H13N3O2S. The van der Waals surface area contributed by atoms with Crippen molar-refractivity contribution >= 4 is 23.0 Å². The molecular weight excluding hydrogens is 286 g/mol. The van der Waals surface area contributed by atoms with Gasteiger partial charge in [0, 0.05) is 29.2 Å². The molecule has 3 rings (SSSR count). The van der Waals surface area contributed by atoms with Gasteiger partial charge in [-0.05, 0) is 18.2 Å². The summed E-state index contributed by atoms with van der Waals surface area (Å²) in [7, 11) is 0. The van der Waals surface area contributed by atoms with Crippen molar-refractivity contribution < 1.29 is 9.90 Å². The second kappa shape index (κ2) is 5.80. The molecule has 5 nitrogen and oxygen atoms in total. The molecule has 0 aliphatic carbocycles. The van der Waals surface area contributed by atoms with Gasteiger partial charge in [0.1, 0.15) is 0 Å². The largest absolute Gasteiger partial charge is 0.478 e. The number of anilines is 1. The third-order valence-electron chi connectivity index (χ3n) is 3.04. The molecule has 0 aliphatic rings. The highest BCUT2D eigenvalue weighted by Crippen LogP contribution is 2.22. The summed E-state index contributed by atoms with van der Waals surface area (Å²) in [4.78, 5) is 15.9. The quantitative estimate of drug-likeness (QED) is 0.759. The minimum atomic E-state index is -0.892. The van der Waals surface area contributed by atoms with Crippen molar-refractivity contribution in [1.29, 1.82) is 0 Å². The van der Waals surface area contributed by atoms with Crippen LogP contribution in [-0.2, 0) is 6.54 Å². The summed E-state index contributed by atoms with van der Waals surface area (Å²) in [5.74, 6) is -0.892. The first-order chi connectivity index (χ1) is 10.2. The Labute approximate surface area is 125 Å². The summed E-state index contributed by atoms with van der Waals surface area (Å²) in [6, 6.07) is 9.61. The topological polar surface area (TPSA) is 67.2 Å². The molecule has 0 spiro atoms. The number of thiophene rings is 1. The summed E-state index contributed by atoms with van der Waals surface area (Å²) < 4.78 is 1.93. The number of aromatic nitrogens is 2. The van der Waals surface area contributed by atoms with Crippen molar-refractivity contribution in [2.45, 2.75) is 6.54 Å². The highest BCUT2D eigenvalue weighted by atomic mass is 32.1. The van der Waals surface area contributed by atoms with Crippen molar-refractivity contribution in [2.75, 3.05) is 5.32 Å². The first-order valence-electron chi connectivity index (χ1n) is 6.36. The van der Waals surface area contributed by atoms with Gasteiger partial charge in [0.2, 0.25) is 0 Å². The van der Waals surface area contributed by atoms with E-state index in [2.05, 4.69) is 10.3 Å². The van der Waals surface area contributed by atoms with Crippen molar-refractivity contribution in [2.24, 2.45) is 0 Å². The average Bonchev–Trinajstić information content (AvgIpc) is 3.17. The lowest BCUT2D eigenvalue weighted by Gasteiger charge is -2.11. The molecule has 2 aromatic heterocycles. The summed E-state index contributed by atoms with van der Waals surface area (Å²) >= 11 is 1.44. The number of nitrogens with one attached hydrogen (secondary N) is 1. The Morgan fingerprint density at radius 2 is 2.24 bits per heavy atom. The van der Waals surface area contributed by atoms with Gasteiger partial charge in [0.05, 0.1) is 23.3 Å². The van der Waals surface area contributed by atoms with E-state index in [-0.39, 0.29) is 0 Å². The fourth-order valence-corrected chi connectivity index (χ4v) is 2.82. The third-order valence-corrected chi connectivity index (χ3v) is 3.98. The molecule has 106 valence electrons. The fourth-order valence-electron chi connectivity index (χ4n) is 2.02. The zero-order valence-corrected chi connectivity index (χ0v) is 11.9. The minimum Gasteiger partial charge on any atom is -0.478 e. The monoisotopic (exact) mass is 299 g/mol. The van der Waals surface area contributed by atoms with Crippen LogP contribution in [0.4, 0.5) is 5.69 Å². The van der Waals surface area contributed by atoms with Gasteiger partial charge in [-0.2, -0.15) is 0 Å². The molecule has 0 bridgehead atoms. The van der Waals surface area contributed by atoms with Crippen molar-refractivity contribution in [3.8, 4) is 5.69 Å². The van der Waals surface area contributed by atoms with Gasteiger partial charge in [-0.3, -0.25) is 0 Å². The number of nitrogens with zero attached hydrogens (tertiary/aromatic N) is 2. The fraction of sp³-hybridized carbons (Fsp3) is 0.0667. The number of carboxylic acids is 1. The van der Waals surface area contributed by atoms with E-state index in [4.69, 9.17) is 5.11 Å². The Balaban J connectivity index is 1.77. The average molecular weight is 299 g/mol. The van der Waals surface area contributed by atoms with Crippen LogP contribution >= 0.6 is 11.3 Å². The Hall–Kier alpha value is -2.60. The molecule has 0 unspecified atom stereocenters. The van der Waals surface area contributed by atoms with Crippen LogP contribution in [0.25, 0.3) is 5.69 Å². The van der Waals surface area contributed by atoms with E-state index in [1.54, 1.807) is 24.0 Å². The standard InChI is InChI=1S/C15H13N3O2S/c19-15(20)11-7-12(21-9-11)8-17-13-3-1-2-4-14(13)18-6-5-16-10-18/h1-7,9-10,17H,8H2,(H,19,20). The van der Waals surface area contributed by atoms with E-state index in [0.717, 1.165) is 16.3 Å². The van der Waals surface area contributed by atoms with Crippen LogP contribution in [0.1, 0.15) is 15.2 Å². The Bertz CT molecular complexity index is 750. The number of carboxylic acid groups (broad SMARTS) is 1. The molecule has 21 heavy (non-hydrogen) atoms. The number of imidazole rings is 1. The minimum absolute atomic E-state index is 0.333. The van der Waals surface area contributed by atoms with Gasteiger partial charge in [0.15, 0.2) is 0 Å². The molecule has 0 radical (unpaired) electrons. The molecule has 0 atom stereocenters. The van der Waals surface area contributed by atoms with Crippen LogP contribution in [0.15, 0.2) is 54.4 Å². The third kappa shape index (κ3) is 2.95. The van der Waals surface area contributed by atoms with Crippen molar-refractivity contribution in [3.05, 3.63) is 64.9 Å². The van der Waals surface area contributed by atoms with E-state index in [1.165, 1.54) is 11.3 Å². The zero-order valence-electron chi connectivity index (χ0n) is 11.1. The Kier molecular flexibility index (Phi) is 3.70. The Morgan fingerprint density at radius 1 is 1.38 bits per heavy atom. The summed E-state index contributed by atoms with van der Waals surface area (Å²) in [5.41, 5.74) is 2.31. The molecule has 2 heterocycles. The van der Waals surface area contributed by atoms with Crippen LogP contribution in [0.2, 0.25) is 0 Å². The van der Waals surface area contributed by atoms with E-state index in [1.807, 2.05) is 35.0 Å². The number of hydrogen-bond donors (Lipinski definition) is 2. The zero-order chi connectivity index (χ0) is 14.7. The van der Waals surface area contributed by atoms with Gasteiger partial charge in [-0.15, -0.1) is 11.3 Å². The normalized spacial score (nSPS) is 10.5. The molecule has 2 N–H and O–H groups in total. The lowest BCUT2D eigenvalue weighted by Crippen LogP contribution is -2.02. The number of para-hydroxylation sites is 2. The smallest absolute Gasteiger partial charge is 0.336 e. The van der Waals surface area contributed by atoms with Gasteiger partial charge in [0.25, 0.3) is 0 Å². The molecule has 0 fully saturated rings. The molecule has 0 saturated carbocycles. The summed E-state index contributed by atoms with van der Waals surface area (Å²) in [5, 5.41) is 13.9. The number of carbonyl (C=O) groups is 1. The van der Waals surface area contributed by atoms with E-state index >= 15 is 0 Å². The molecule has 0 saturated heterocycles. The van der Waals surface area contributed by atoms with Crippen molar-refractivity contribution in [1.82, 2.24) is 9.55 Å². The van der Waals surface area contributed by atoms with E-state index < -0.39 is 5.97 Å². The van der Waals surface area contributed by atoms with Gasteiger partial charge >= 0.3 is 5.97 Å². The van der Waals surface area contributed by atoms with Gasteiger partial charge in [-0.25, -0.2) is 9.78 Å². The van der Waals surface area contributed by atoms with Crippen LogP contribution < -0.4 is 5.32 Å². The maximum atomic E-state index is 10.9. The highest BCUT2D eigenvalue weighted by Gasteiger charge is 2.07. The molecule has 3 aromatic rings. The number of benzene rings is 1. The van der Waals surface area contributed by atoms with Gasteiger partial charge in [-0.1, -0.05) is 12.1 Å². The second-order valence-corrected chi connectivity index (χ2v) is 5.44. The number of hydrogen-bond acceptors (Lipinski definition) is 4. The number of rotatable bonds is 5. The predicted molar refractivity (Wildman–Crippen MR) is 82.2 cm³/mol. The van der Waals surface area contributed by atoms with E-state index in [9.17, 15) is 4.79 Å². The van der Waals surface area contributed by atoms with E-state index in [0.29, 0.717) is 12.1 Å². The summed E-state index contributed by atoms with van der Waals surface area (Å²) in [6.07, 6.45) is 5.36. The van der Waals surface area contributed by atoms with Crippen molar-refractivity contribution in [3.63, 3.8) is 0 Å². The highest BCUT2D eigenvalue weighted by molar-refractivity contribution is 7.10. The van der Waals surface area contributed by atoms with Crippen LogP contribution in [0.3, 0.4) is 0 Å². The number of aromatic carboxylic acids is 1. The maximum absolute atomic E-state index is 10.9. The first-order valence-corrected chi connectivity index (χ1v) is 7.24. The van der Waals surface area contributed by atoms with Gasteiger partial charge < -0.3 is 15.0 Å². The molecule has 6 heteroatoms. The van der Waals surface area contributed by atoms with Crippen LogP contribution in [0, 0.1) is 0 Å². The maximum Gasteiger partial charge on any atom is 0.336 e. The summed E-state index contributed by atoms with van der Waals surface area (Å²) in [6.45, 7) is 0.587. The lowest BCUT2D eigenvalue weighted by atomic mass is 10.2. The molecule has 1 aromatic carbocycles. The SMILES string of the molecule is O=C(O)c1csc(CNc2ccccc2-n2ccnc2)c1. The predicted octanol–water partition coefficient (Wildman–Crippen LogP) is 3.24. The molecule has 0 amide bonds. The first kappa shape index (κ1) is 13.4. The molecule has 0 aliphatic heterocycles. The lowest BCUT2D eigenvalue weighted by molar-refractivity contribution is 0.0697. The van der Waals surface area contributed by atoms with Crippen LogP contribution in [0.5, 0.6) is 0 Å². The van der Waals surface area contributed by atoms with Crippen LogP contribution in [-0.4, -0.2) is 20.6 Å². The Morgan fingerprint density at radius 3 is 2.95 bits per heavy atom.